The van der Waals surface area contributed by atoms with E-state index in [0.29, 0.717) is 6.04 Å². The van der Waals surface area contributed by atoms with Crippen molar-refractivity contribution in [2.45, 2.75) is 64.1 Å². The predicted molar refractivity (Wildman–Crippen MR) is 84.0 cm³/mol. The van der Waals surface area contributed by atoms with Gasteiger partial charge in [-0.3, -0.25) is 9.80 Å². The number of hydrogen-bond acceptors (Lipinski definition) is 4. The molecule has 2 N–H and O–H groups in total. The van der Waals surface area contributed by atoms with Gasteiger partial charge in [0.05, 0.1) is 6.61 Å². The lowest BCUT2D eigenvalue weighted by Gasteiger charge is -2.43. The van der Waals surface area contributed by atoms with Gasteiger partial charge in [0.2, 0.25) is 0 Å². The minimum atomic E-state index is -0.137. The molecule has 3 atom stereocenters. The van der Waals surface area contributed by atoms with Gasteiger partial charge < -0.3 is 10.4 Å². The summed E-state index contributed by atoms with van der Waals surface area (Å²) in [5, 5.41) is 13.2. The largest absolute Gasteiger partial charge is 0.394 e. The summed E-state index contributed by atoms with van der Waals surface area (Å²) in [4.78, 5) is 5.29. The van der Waals surface area contributed by atoms with Crippen LogP contribution in [0.3, 0.4) is 0 Å². The van der Waals surface area contributed by atoms with Gasteiger partial charge >= 0.3 is 0 Å². The third-order valence-electron chi connectivity index (χ3n) is 5.14. The number of fused-ring (bicyclic) bond motifs is 1. The summed E-state index contributed by atoms with van der Waals surface area (Å²) < 4.78 is 0. The molecule has 2 saturated heterocycles. The first-order chi connectivity index (χ1) is 9.58. The van der Waals surface area contributed by atoms with Crippen molar-refractivity contribution in [3.05, 3.63) is 0 Å². The lowest BCUT2D eigenvalue weighted by molar-refractivity contribution is 0.0540. The van der Waals surface area contributed by atoms with Crippen LogP contribution in [0, 0.1) is 0 Å². The van der Waals surface area contributed by atoms with E-state index >= 15 is 0 Å². The van der Waals surface area contributed by atoms with Gasteiger partial charge in [0.1, 0.15) is 0 Å². The summed E-state index contributed by atoms with van der Waals surface area (Å²) in [6, 6.07) is 1.33. The molecule has 118 valence electrons. The summed E-state index contributed by atoms with van der Waals surface area (Å²) in [6.07, 6.45) is 4.88. The van der Waals surface area contributed by atoms with Gasteiger partial charge in [0.15, 0.2) is 0 Å². The van der Waals surface area contributed by atoms with Crippen LogP contribution in [-0.4, -0.2) is 71.9 Å². The SMILES string of the molecule is CCCNC(C)(CO)CC(C)N1CCN2CCCC2C1. The van der Waals surface area contributed by atoms with E-state index in [-0.39, 0.29) is 12.1 Å². The summed E-state index contributed by atoms with van der Waals surface area (Å²) in [5.41, 5.74) is -0.137. The predicted octanol–water partition coefficient (Wildman–Crippen LogP) is 1.30. The highest BCUT2D eigenvalue weighted by Crippen LogP contribution is 2.25. The van der Waals surface area contributed by atoms with Crippen LogP contribution in [0.2, 0.25) is 0 Å². The van der Waals surface area contributed by atoms with Gasteiger partial charge in [-0.15, -0.1) is 0 Å². The van der Waals surface area contributed by atoms with Crippen molar-refractivity contribution in [1.29, 1.82) is 0 Å². The van der Waals surface area contributed by atoms with Crippen LogP contribution >= 0.6 is 0 Å². The average Bonchev–Trinajstić information content (AvgIpc) is 2.92. The van der Waals surface area contributed by atoms with E-state index in [9.17, 15) is 5.11 Å². The van der Waals surface area contributed by atoms with Crippen LogP contribution in [0.5, 0.6) is 0 Å². The molecule has 0 aromatic carbocycles. The number of aliphatic hydroxyl groups excluding tert-OH is 1. The van der Waals surface area contributed by atoms with Crippen molar-refractivity contribution in [3.8, 4) is 0 Å². The minimum Gasteiger partial charge on any atom is -0.394 e. The molecule has 0 aliphatic carbocycles. The fourth-order valence-electron chi connectivity index (χ4n) is 3.82. The molecule has 3 unspecified atom stereocenters. The van der Waals surface area contributed by atoms with E-state index in [1.54, 1.807) is 0 Å². The molecule has 4 nitrogen and oxygen atoms in total. The van der Waals surface area contributed by atoms with Crippen LogP contribution in [0.4, 0.5) is 0 Å². The maximum absolute atomic E-state index is 9.72. The van der Waals surface area contributed by atoms with Gasteiger partial charge in [0, 0.05) is 37.3 Å². The van der Waals surface area contributed by atoms with Crippen LogP contribution in [0.25, 0.3) is 0 Å². The quantitative estimate of drug-likeness (QED) is 0.739. The summed E-state index contributed by atoms with van der Waals surface area (Å²) >= 11 is 0. The van der Waals surface area contributed by atoms with E-state index < -0.39 is 0 Å². The molecule has 0 radical (unpaired) electrons. The standard InChI is InChI=1S/C16H33N3O/c1-4-7-17-16(3,13-20)11-14(2)19-10-9-18-8-5-6-15(18)12-19/h14-15,17,20H,4-13H2,1-3H3. The molecule has 0 aromatic heterocycles. The third kappa shape index (κ3) is 3.94. The number of aliphatic hydroxyl groups is 1. The molecule has 0 aromatic rings. The highest BCUT2D eigenvalue weighted by atomic mass is 16.3. The molecule has 2 aliphatic heterocycles. The van der Waals surface area contributed by atoms with E-state index in [4.69, 9.17) is 0 Å². The van der Waals surface area contributed by atoms with Crippen LogP contribution in [0.15, 0.2) is 0 Å². The Bertz CT molecular complexity index is 299. The number of hydrogen-bond donors (Lipinski definition) is 2. The van der Waals surface area contributed by atoms with Crippen molar-refractivity contribution in [2.75, 3.05) is 39.3 Å². The lowest BCUT2D eigenvalue weighted by Crippen LogP contribution is -2.56. The molecule has 2 heterocycles. The molecule has 20 heavy (non-hydrogen) atoms. The molecule has 4 heteroatoms. The summed E-state index contributed by atoms with van der Waals surface area (Å²) in [5.74, 6) is 0. The van der Waals surface area contributed by atoms with Crippen LogP contribution < -0.4 is 5.32 Å². The first-order valence-electron chi connectivity index (χ1n) is 8.42. The van der Waals surface area contributed by atoms with E-state index in [0.717, 1.165) is 25.4 Å². The van der Waals surface area contributed by atoms with Crippen molar-refractivity contribution in [1.82, 2.24) is 15.1 Å². The second kappa shape index (κ2) is 7.21. The minimum absolute atomic E-state index is 0.137. The highest BCUT2D eigenvalue weighted by Gasteiger charge is 2.34. The zero-order valence-electron chi connectivity index (χ0n) is 13.6. The summed E-state index contributed by atoms with van der Waals surface area (Å²) in [6.45, 7) is 12.8. The molecule has 0 bridgehead atoms. The topological polar surface area (TPSA) is 38.7 Å². The molecule has 2 fully saturated rings. The van der Waals surface area contributed by atoms with E-state index in [1.807, 2.05) is 0 Å². The van der Waals surface area contributed by atoms with Gasteiger partial charge in [-0.25, -0.2) is 0 Å². The molecule has 2 rings (SSSR count). The van der Waals surface area contributed by atoms with E-state index in [2.05, 4.69) is 35.9 Å². The fourth-order valence-corrected chi connectivity index (χ4v) is 3.82. The highest BCUT2D eigenvalue weighted by molar-refractivity contribution is 4.92. The Morgan fingerprint density at radius 2 is 2.15 bits per heavy atom. The second-order valence-corrected chi connectivity index (χ2v) is 7.03. The third-order valence-corrected chi connectivity index (χ3v) is 5.14. The molecular formula is C16H33N3O. The second-order valence-electron chi connectivity index (χ2n) is 7.03. The Morgan fingerprint density at radius 3 is 2.85 bits per heavy atom. The van der Waals surface area contributed by atoms with E-state index in [1.165, 1.54) is 39.0 Å². The zero-order chi connectivity index (χ0) is 14.6. The van der Waals surface area contributed by atoms with Gasteiger partial charge in [-0.05, 0) is 52.6 Å². The average molecular weight is 283 g/mol. The number of nitrogens with zero attached hydrogens (tertiary/aromatic N) is 2. The van der Waals surface area contributed by atoms with Gasteiger partial charge in [-0.1, -0.05) is 6.92 Å². The van der Waals surface area contributed by atoms with Crippen molar-refractivity contribution < 1.29 is 5.11 Å². The molecular weight excluding hydrogens is 250 g/mol. The van der Waals surface area contributed by atoms with Crippen molar-refractivity contribution in [2.24, 2.45) is 0 Å². The number of nitrogens with one attached hydrogen (secondary N) is 1. The maximum atomic E-state index is 9.72. The first-order valence-corrected chi connectivity index (χ1v) is 8.42. The van der Waals surface area contributed by atoms with Crippen LogP contribution in [-0.2, 0) is 0 Å². The Hall–Kier alpha value is -0.160. The number of piperazine rings is 1. The monoisotopic (exact) mass is 283 g/mol. The lowest BCUT2D eigenvalue weighted by atomic mass is 9.92. The Balaban J connectivity index is 1.85. The molecule has 0 amide bonds. The Morgan fingerprint density at radius 1 is 1.35 bits per heavy atom. The van der Waals surface area contributed by atoms with Crippen LogP contribution in [0.1, 0.15) is 46.5 Å². The summed E-state index contributed by atoms with van der Waals surface area (Å²) in [7, 11) is 0. The smallest absolute Gasteiger partial charge is 0.0611 e. The maximum Gasteiger partial charge on any atom is 0.0611 e. The Labute approximate surface area is 124 Å². The fraction of sp³-hybridized carbons (Fsp3) is 1.00. The first kappa shape index (κ1) is 16.2. The molecule has 0 saturated carbocycles. The molecule has 2 aliphatic rings. The van der Waals surface area contributed by atoms with Crippen molar-refractivity contribution >= 4 is 0 Å². The van der Waals surface area contributed by atoms with Crippen molar-refractivity contribution in [3.63, 3.8) is 0 Å². The number of rotatable bonds is 7. The van der Waals surface area contributed by atoms with Gasteiger partial charge in [0.25, 0.3) is 0 Å². The van der Waals surface area contributed by atoms with Gasteiger partial charge in [-0.2, -0.15) is 0 Å². The Kier molecular flexibility index (Phi) is 5.84. The zero-order valence-corrected chi connectivity index (χ0v) is 13.6. The normalized spacial score (nSPS) is 29.1. The molecule has 0 spiro atoms.